The molecule has 2 nitrogen and oxygen atoms in total. The maximum Gasteiger partial charge on any atom is 0.0376 e. The first-order valence-corrected chi connectivity index (χ1v) is 8.44. The fourth-order valence-electron chi connectivity index (χ4n) is 3.86. The summed E-state index contributed by atoms with van der Waals surface area (Å²) in [6.07, 6.45) is 9.47. The molecule has 1 aromatic carbocycles. The highest BCUT2D eigenvalue weighted by Gasteiger charge is 2.22. The SMILES string of the molecule is CCN(c1ccc2c(c1)CCC(C)N2)C1CCCCC1. The van der Waals surface area contributed by atoms with Crippen LogP contribution in [0.4, 0.5) is 11.4 Å². The van der Waals surface area contributed by atoms with Gasteiger partial charge in [-0.1, -0.05) is 19.3 Å². The lowest BCUT2D eigenvalue weighted by atomic mass is 9.93. The maximum absolute atomic E-state index is 3.61. The van der Waals surface area contributed by atoms with E-state index < -0.39 is 0 Å². The Bertz CT molecular complexity index is 449. The third-order valence-corrected chi connectivity index (χ3v) is 5.03. The molecule has 1 aliphatic carbocycles. The van der Waals surface area contributed by atoms with Crippen molar-refractivity contribution < 1.29 is 0 Å². The zero-order chi connectivity index (χ0) is 13.9. The summed E-state index contributed by atoms with van der Waals surface area (Å²) in [7, 11) is 0. The molecule has 0 spiro atoms. The van der Waals surface area contributed by atoms with Gasteiger partial charge < -0.3 is 10.2 Å². The van der Waals surface area contributed by atoms with Crippen LogP contribution in [0, 0.1) is 0 Å². The number of anilines is 2. The molecule has 0 radical (unpaired) electrons. The van der Waals surface area contributed by atoms with Gasteiger partial charge in [0.2, 0.25) is 0 Å². The smallest absolute Gasteiger partial charge is 0.0376 e. The summed E-state index contributed by atoms with van der Waals surface area (Å²) in [6.45, 7) is 5.71. The quantitative estimate of drug-likeness (QED) is 0.865. The van der Waals surface area contributed by atoms with Gasteiger partial charge in [0.05, 0.1) is 0 Å². The van der Waals surface area contributed by atoms with Crippen molar-refractivity contribution in [2.75, 3.05) is 16.8 Å². The largest absolute Gasteiger partial charge is 0.382 e. The molecule has 1 N–H and O–H groups in total. The number of nitrogens with zero attached hydrogens (tertiary/aromatic N) is 1. The van der Waals surface area contributed by atoms with Crippen molar-refractivity contribution in [1.82, 2.24) is 0 Å². The molecular formula is C18H28N2. The van der Waals surface area contributed by atoms with Gasteiger partial charge in [0.1, 0.15) is 0 Å². The normalized spacial score (nSPS) is 23.0. The van der Waals surface area contributed by atoms with Gasteiger partial charge in [-0.3, -0.25) is 0 Å². The van der Waals surface area contributed by atoms with Crippen LogP contribution < -0.4 is 10.2 Å². The van der Waals surface area contributed by atoms with Crippen molar-refractivity contribution >= 4 is 11.4 Å². The van der Waals surface area contributed by atoms with Crippen molar-refractivity contribution in [3.63, 3.8) is 0 Å². The summed E-state index contributed by atoms with van der Waals surface area (Å²) >= 11 is 0. The molecular weight excluding hydrogens is 244 g/mol. The van der Waals surface area contributed by atoms with Gasteiger partial charge in [0, 0.05) is 30.0 Å². The van der Waals surface area contributed by atoms with Crippen LogP contribution in [0.25, 0.3) is 0 Å². The molecule has 0 aromatic heterocycles. The lowest BCUT2D eigenvalue weighted by molar-refractivity contribution is 0.418. The van der Waals surface area contributed by atoms with E-state index in [0.717, 1.165) is 12.6 Å². The predicted octanol–water partition coefficient (Wildman–Crippen LogP) is 4.59. The molecule has 1 atom stereocenters. The minimum Gasteiger partial charge on any atom is -0.382 e. The van der Waals surface area contributed by atoms with Gasteiger partial charge in [-0.2, -0.15) is 0 Å². The van der Waals surface area contributed by atoms with Crippen molar-refractivity contribution in [1.29, 1.82) is 0 Å². The van der Waals surface area contributed by atoms with Crippen LogP contribution in [-0.2, 0) is 6.42 Å². The number of fused-ring (bicyclic) bond motifs is 1. The number of hydrogen-bond acceptors (Lipinski definition) is 2. The van der Waals surface area contributed by atoms with Crippen LogP contribution in [0.2, 0.25) is 0 Å². The van der Waals surface area contributed by atoms with Crippen LogP contribution in [0.3, 0.4) is 0 Å². The van der Waals surface area contributed by atoms with Gasteiger partial charge in [0.15, 0.2) is 0 Å². The van der Waals surface area contributed by atoms with E-state index in [-0.39, 0.29) is 0 Å². The van der Waals surface area contributed by atoms with E-state index >= 15 is 0 Å². The van der Waals surface area contributed by atoms with Crippen LogP contribution in [0.1, 0.15) is 57.9 Å². The zero-order valence-electron chi connectivity index (χ0n) is 13.0. The number of rotatable bonds is 3. The molecule has 1 aromatic rings. The molecule has 1 saturated carbocycles. The lowest BCUT2D eigenvalue weighted by Gasteiger charge is -2.36. The summed E-state index contributed by atoms with van der Waals surface area (Å²) in [4.78, 5) is 2.64. The van der Waals surface area contributed by atoms with Gasteiger partial charge >= 0.3 is 0 Å². The molecule has 1 heterocycles. The van der Waals surface area contributed by atoms with E-state index in [1.807, 2.05) is 0 Å². The van der Waals surface area contributed by atoms with Crippen molar-refractivity contribution in [2.45, 2.75) is 70.9 Å². The third-order valence-electron chi connectivity index (χ3n) is 5.03. The molecule has 1 fully saturated rings. The highest BCUT2D eigenvalue weighted by Crippen LogP contribution is 2.32. The second-order valence-electron chi connectivity index (χ2n) is 6.50. The van der Waals surface area contributed by atoms with Crippen LogP contribution in [0.5, 0.6) is 0 Å². The Morgan fingerprint density at radius 2 is 1.95 bits per heavy atom. The molecule has 2 heteroatoms. The Hall–Kier alpha value is -1.18. The number of nitrogens with one attached hydrogen (secondary N) is 1. The molecule has 20 heavy (non-hydrogen) atoms. The Morgan fingerprint density at radius 1 is 1.15 bits per heavy atom. The van der Waals surface area contributed by atoms with Gasteiger partial charge in [0.25, 0.3) is 0 Å². The van der Waals surface area contributed by atoms with Crippen molar-refractivity contribution in [3.05, 3.63) is 23.8 Å². The van der Waals surface area contributed by atoms with Gasteiger partial charge in [-0.05, 0) is 63.3 Å². The molecule has 0 amide bonds. The first-order chi connectivity index (χ1) is 9.78. The van der Waals surface area contributed by atoms with E-state index in [2.05, 4.69) is 42.3 Å². The van der Waals surface area contributed by atoms with Crippen molar-refractivity contribution in [3.8, 4) is 0 Å². The minimum absolute atomic E-state index is 0.619. The minimum atomic E-state index is 0.619. The maximum atomic E-state index is 3.61. The summed E-state index contributed by atoms with van der Waals surface area (Å²) in [5.41, 5.74) is 4.30. The average molecular weight is 272 g/mol. The molecule has 2 aliphatic rings. The second-order valence-corrected chi connectivity index (χ2v) is 6.50. The van der Waals surface area contributed by atoms with E-state index in [9.17, 15) is 0 Å². The number of hydrogen-bond donors (Lipinski definition) is 1. The first-order valence-electron chi connectivity index (χ1n) is 8.44. The topological polar surface area (TPSA) is 15.3 Å². The van der Waals surface area contributed by atoms with Crippen LogP contribution in [0.15, 0.2) is 18.2 Å². The number of benzene rings is 1. The summed E-state index contributed by atoms with van der Waals surface area (Å²) in [5, 5.41) is 3.61. The number of aryl methyl sites for hydroxylation is 1. The van der Waals surface area contributed by atoms with Gasteiger partial charge in [-0.25, -0.2) is 0 Å². The molecule has 1 aliphatic heterocycles. The Kier molecular flexibility index (Phi) is 4.18. The van der Waals surface area contributed by atoms with E-state index in [4.69, 9.17) is 0 Å². The lowest BCUT2D eigenvalue weighted by Crippen LogP contribution is -2.36. The molecule has 1 unspecified atom stereocenters. The van der Waals surface area contributed by atoms with Crippen LogP contribution >= 0.6 is 0 Å². The Labute approximate surface area is 123 Å². The van der Waals surface area contributed by atoms with Crippen LogP contribution in [-0.4, -0.2) is 18.6 Å². The second kappa shape index (κ2) is 6.07. The average Bonchev–Trinajstić information content (AvgIpc) is 2.49. The van der Waals surface area contributed by atoms with E-state index in [1.165, 1.54) is 61.9 Å². The zero-order valence-corrected chi connectivity index (χ0v) is 13.0. The Morgan fingerprint density at radius 3 is 2.70 bits per heavy atom. The standard InChI is InChI=1S/C18H28N2/c1-3-20(16-7-5-4-6-8-16)17-11-12-18-15(13-17)10-9-14(2)19-18/h11-14,16,19H,3-10H2,1-2H3. The summed E-state index contributed by atoms with van der Waals surface area (Å²) in [6, 6.07) is 8.44. The predicted molar refractivity (Wildman–Crippen MR) is 87.7 cm³/mol. The fraction of sp³-hybridized carbons (Fsp3) is 0.667. The summed E-state index contributed by atoms with van der Waals surface area (Å²) in [5.74, 6) is 0. The molecule has 3 rings (SSSR count). The first kappa shape index (κ1) is 13.8. The molecule has 110 valence electrons. The highest BCUT2D eigenvalue weighted by molar-refractivity contribution is 5.62. The fourth-order valence-corrected chi connectivity index (χ4v) is 3.86. The molecule has 0 bridgehead atoms. The van der Waals surface area contributed by atoms with E-state index in [0.29, 0.717) is 6.04 Å². The van der Waals surface area contributed by atoms with E-state index in [1.54, 1.807) is 0 Å². The third kappa shape index (κ3) is 2.79. The van der Waals surface area contributed by atoms with Gasteiger partial charge in [-0.15, -0.1) is 0 Å². The summed E-state index contributed by atoms with van der Waals surface area (Å²) < 4.78 is 0. The monoisotopic (exact) mass is 272 g/mol. The highest BCUT2D eigenvalue weighted by atomic mass is 15.2. The Balaban J connectivity index is 1.81. The molecule has 0 saturated heterocycles. The van der Waals surface area contributed by atoms with Crippen molar-refractivity contribution in [2.24, 2.45) is 0 Å².